The molecule has 4 rings (SSSR count). The van der Waals surface area contributed by atoms with E-state index < -0.39 is 10.0 Å². The van der Waals surface area contributed by atoms with Gasteiger partial charge in [0.25, 0.3) is 0 Å². The van der Waals surface area contributed by atoms with Crippen molar-refractivity contribution in [1.82, 2.24) is 19.3 Å². The number of H-pyrrole nitrogens is 2. The van der Waals surface area contributed by atoms with Crippen molar-refractivity contribution in [3.05, 3.63) is 58.8 Å². The Bertz CT molecular complexity index is 1040. The molecule has 1 aliphatic rings. The zero-order valence-corrected chi connectivity index (χ0v) is 13.6. The highest BCUT2D eigenvalue weighted by Crippen LogP contribution is 2.33. The van der Waals surface area contributed by atoms with Gasteiger partial charge in [0, 0.05) is 25.0 Å². The number of rotatable bonds is 5. The number of benzene rings is 1. The largest absolute Gasteiger partial charge is 0.323 e. The summed E-state index contributed by atoms with van der Waals surface area (Å²) in [6, 6.07) is 8.32. The maximum atomic E-state index is 13.1. The number of hydrogen-bond acceptors (Lipinski definition) is 4. The highest BCUT2D eigenvalue weighted by atomic mass is 32.2. The summed E-state index contributed by atoms with van der Waals surface area (Å²) in [6.45, 7) is 0.294. The molecule has 24 heavy (non-hydrogen) atoms. The quantitative estimate of drug-likeness (QED) is 0.734. The second kappa shape index (κ2) is 5.57. The highest BCUT2D eigenvalue weighted by Gasteiger charge is 2.38. The minimum absolute atomic E-state index is 0.0242. The van der Waals surface area contributed by atoms with Crippen molar-refractivity contribution < 1.29 is 8.42 Å². The summed E-state index contributed by atoms with van der Waals surface area (Å²) in [6.07, 6.45) is 5.07. The van der Waals surface area contributed by atoms with Gasteiger partial charge in [-0.2, -0.15) is 4.31 Å². The molecule has 1 saturated carbocycles. The van der Waals surface area contributed by atoms with Crippen molar-refractivity contribution in [3.63, 3.8) is 0 Å². The van der Waals surface area contributed by atoms with E-state index in [1.807, 2.05) is 6.07 Å². The van der Waals surface area contributed by atoms with Crippen LogP contribution in [0.15, 0.2) is 52.4 Å². The van der Waals surface area contributed by atoms with Crippen LogP contribution in [-0.2, 0) is 16.6 Å². The Hall–Kier alpha value is -2.45. The van der Waals surface area contributed by atoms with Crippen LogP contribution in [0.4, 0.5) is 0 Å². The third-order valence-corrected chi connectivity index (χ3v) is 6.00. The average Bonchev–Trinajstić information content (AvgIpc) is 3.33. The van der Waals surface area contributed by atoms with Crippen LogP contribution >= 0.6 is 0 Å². The third-order valence-electron chi connectivity index (χ3n) is 4.11. The van der Waals surface area contributed by atoms with Crippen molar-refractivity contribution in [2.24, 2.45) is 0 Å². The number of imidazole rings is 1. The molecule has 7 nitrogen and oxygen atoms in total. The van der Waals surface area contributed by atoms with Gasteiger partial charge in [0.1, 0.15) is 0 Å². The predicted octanol–water partition coefficient (Wildman–Crippen LogP) is 1.60. The van der Waals surface area contributed by atoms with E-state index >= 15 is 0 Å². The molecule has 2 N–H and O–H groups in total. The molecule has 1 aromatic carbocycles. The van der Waals surface area contributed by atoms with E-state index in [2.05, 4.69) is 15.0 Å². The summed E-state index contributed by atoms with van der Waals surface area (Å²) in [7, 11) is -3.65. The molecule has 0 amide bonds. The third kappa shape index (κ3) is 2.74. The van der Waals surface area contributed by atoms with E-state index in [0.717, 1.165) is 18.4 Å². The summed E-state index contributed by atoms with van der Waals surface area (Å²) >= 11 is 0. The number of nitrogens with one attached hydrogen (secondary N) is 2. The van der Waals surface area contributed by atoms with Gasteiger partial charge < -0.3 is 9.97 Å². The van der Waals surface area contributed by atoms with Crippen molar-refractivity contribution in [2.75, 3.05) is 0 Å². The minimum Gasteiger partial charge on any atom is -0.306 e. The van der Waals surface area contributed by atoms with Gasteiger partial charge in [0.05, 0.1) is 15.9 Å². The molecule has 0 saturated heterocycles. The average molecular weight is 344 g/mol. The maximum absolute atomic E-state index is 13.1. The standard InChI is InChI=1S/C16H16N4O3S/c21-16-18-14-6-5-13(8-15(14)19-16)24(22,23)20(12-3-4-12)10-11-2-1-7-17-9-11/h1-2,5-9,12H,3-4,10H2,(H2,18,19,21). The smallest absolute Gasteiger partial charge is 0.306 e. The number of sulfonamides is 1. The van der Waals surface area contributed by atoms with Crippen molar-refractivity contribution in [2.45, 2.75) is 30.3 Å². The monoisotopic (exact) mass is 344 g/mol. The van der Waals surface area contributed by atoms with Gasteiger partial charge in [-0.25, -0.2) is 13.2 Å². The maximum Gasteiger partial charge on any atom is 0.323 e. The summed E-state index contributed by atoms with van der Waals surface area (Å²) in [4.78, 5) is 20.8. The topological polar surface area (TPSA) is 98.9 Å². The van der Waals surface area contributed by atoms with Crippen molar-refractivity contribution in [3.8, 4) is 0 Å². The Balaban J connectivity index is 1.73. The molecule has 1 aliphatic carbocycles. The van der Waals surface area contributed by atoms with Crippen LogP contribution in [0.5, 0.6) is 0 Å². The molecule has 0 aliphatic heterocycles. The van der Waals surface area contributed by atoms with Crippen LogP contribution in [0.1, 0.15) is 18.4 Å². The molecule has 0 spiro atoms. The van der Waals surface area contributed by atoms with E-state index in [0.29, 0.717) is 17.6 Å². The summed E-state index contributed by atoms with van der Waals surface area (Å²) in [5.74, 6) is 0. The van der Waals surface area contributed by atoms with E-state index in [9.17, 15) is 13.2 Å². The predicted molar refractivity (Wildman–Crippen MR) is 88.9 cm³/mol. The lowest BCUT2D eigenvalue weighted by atomic mass is 10.3. The zero-order valence-electron chi connectivity index (χ0n) is 12.8. The summed E-state index contributed by atoms with van der Waals surface area (Å²) in [5.41, 5.74) is 1.57. The van der Waals surface area contributed by atoms with E-state index in [1.54, 1.807) is 24.5 Å². The molecular weight excluding hydrogens is 328 g/mol. The molecule has 2 heterocycles. The fraction of sp³-hybridized carbons (Fsp3) is 0.250. The molecular formula is C16H16N4O3S. The lowest BCUT2D eigenvalue weighted by molar-refractivity contribution is 0.398. The van der Waals surface area contributed by atoms with E-state index in [4.69, 9.17) is 0 Å². The molecule has 124 valence electrons. The number of aromatic nitrogens is 3. The molecule has 3 aromatic rings. The van der Waals surface area contributed by atoms with Crippen molar-refractivity contribution in [1.29, 1.82) is 0 Å². The lowest BCUT2D eigenvalue weighted by Crippen LogP contribution is -2.32. The summed E-state index contributed by atoms with van der Waals surface area (Å²) < 4.78 is 27.7. The van der Waals surface area contributed by atoms with E-state index in [1.165, 1.54) is 16.4 Å². The van der Waals surface area contributed by atoms with Gasteiger partial charge in [0.15, 0.2) is 0 Å². The first-order valence-corrected chi connectivity index (χ1v) is 9.11. The highest BCUT2D eigenvalue weighted by molar-refractivity contribution is 7.89. The number of fused-ring (bicyclic) bond motifs is 1. The van der Waals surface area contributed by atoms with Gasteiger partial charge in [-0.05, 0) is 42.7 Å². The van der Waals surface area contributed by atoms with Gasteiger partial charge >= 0.3 is 5.69 Å². The molecule has 1 fully saturated rings. The molecule has 2 aromatic heterocycles. The van der Waals surface area contributed by atoms with Crippen LogP contribution in [0.3, 0.4) is 0 Å². The second-order valence-electron chi connectivity index (χ2n) is 5.93. The second-order valence-corrected chi connectivity index (χ2v) is 7.82. The molecule has 8 heteroatoms. The molecule has 0 atom stereocenters. The Kier molecular flexibility index (Phi) is 3.50. The number of nitrogens with zero attached hydrogens (tertiary/aromatic N) is 2. The zero-order chi connectivity index (χ0) is 16.7. The Morgan fingerprint density at radius 2 is 1.96 bits per heavy atom. The first-order valence-electron chi connectivity index (χ1n) is 7.67. The Labute approximate surface area is 138 Å². The van der Waals surface area contributed by atoms with Crippen LogP contribution < -0.4 is 5.69 Å². The van der Waals surface area contributed by atoms with Crippen LogP contribution in [-0.4, -0.2) is 33.7 Å². The van der Waals surface area contributed by atoms with E-state index in [-0.39, 0.29) is 16.6 Å². The van der Waals surface area contributed by atoms with Gasteiger partial charge in [-0.1, -0.05) is 6.07 Å². The lowest BCUT2D eigenvalue weighted by Gasteiger charge is -2.22. The summed E-state index contributed by atoms with van der Waals surface area (Å²) in [5, 5.41) is 0. The minimum atomic E-state index is -3.65. The van der Waals surface area contributed by atoms with Crippen molar-refractivity contribution >= 4 is 21.1 Å². The normalized spacial score (nSPS) is 15.2. The van der Waals surface area contributed by atoms with Crippen LogP contribution in [0.2, 0.25) is 0 Å². The SMILES string of the molecule is O=c1[nH]c2ccc(S(=O)(=O)N(Cc3cccnc3)C3CC3)cc2[nH]1. The number of pyridine rings is 1. The molecule has 0 bridgehead atoms. The van der Waals surface area contributed by atoms with Gasteiger partial charge in [0.2, 0.25) is 10.0 Å². The van der Waals surface area contributed by atoms with Gasteiger partial charge in [-0.3, -0.25) is 4.98 Å². The fourth-order valence-electron chi connectivity index (χ4n) is 2.75. The molecule has 0 radical (unpaired) electrons. The van der Waals surface area contributed by atoms with Crippen LogP contribution in [0, 0.1) is 0 Å². The fourth-order valence-corrected chi connectivity index (χ4v) is 4.45. The Morgan fingerprint density at radius 3 is 2.67 bits per heavy atom. The number of aromatic amines is 2. The van der Waals surface area contributed by atoms with Gasteiger partial charge in [-0.15, -0.1) is 0 Å². The Morgan fingerprint density at radius 1 is 1.17 bits per heavy atom. The van der Waals surface area contributed by atoms with Crippen LogP contribution in [0.25, 0.3) is 11.0 Å². The number of hydrogen-bond donors (Lipinski definition) is 2. The molecule has 0 unspecified atom stereocenters. The first kappa shape index (κ1) is 15.1. The first-order chi connectivity index (χ1) is 11.5.